The third-order valence-electron chi connectivity index (χ3n) is 2.98. The number of pyridine rings is 1. The van der Waals surface area contributed by atoms with Gasteiger partial charge in [-0.25, -0.2) is 4.98 Å². The lowest BCUT2D eigenvalue weighted by molar-refractivity contribution is -0.121. The molecule has 0 unspecified atom stereocenters. The van der Waals surface area contributed by atoms with Crippen LogP contribution in [0, 0.1) is 5.92 Å². The monoisotopic (exact) mass is 310 g/mol. The van der Waals surface area contributed by atoms with E-state index in [1.165, 1.54) is 0 Å². The summed E-state index contributed by atoms with van der Waals surface area (Å²) in [5, 5.41) is 2.88. The Balaban J connectivity index is 2.29. The summed E-state index contributed by atoms with van der Waals surface area (Å²) in [6.07, 6.45) is 0. The second-order valence-corrected chi connectivity index (χ2v) is 5.41. The minimum Gasteiger partial charge on any atom is -0.481 e. The standard InChI is InChI=1S/C14H19ClN4O2/c1-9(2)7-16-12(20)8-19-11(6-15)17-10-4-5-13(21-3)18-14(10)19/h4-5,9H,6-8H2,1-3H3,(H,16,20). The Labute approximate surface area is 128 Å². The molecule has 2 rings (SSSR count). The lowest BCUT2D eigenvalue weighted by Gasteiger charge is -2.10. The van der Waals surface area contributed by atoms with E-state index in [0.717, 1.165) is 0 Å². The number of amides is 1. The van der Waals surface area contributed by atoms with Crippen LogP contribution in [0.1, 0.15) is 19.7 Å². The van der Waals surface area contributed by atoms with Gasteiger partial charge in [0.2, 0.25) is 11.8 Å². The van der Waals surface area contributed by atoms with Gasteiger partial charge in [-0.15, -0.1) is 11.6 Å². The molecule has 114 valence electrons. The third-order valence-corrected chi connectivity index (χ3v) is 3.22. The summed E-state index contributed by atoms with van der Waals surface area (Å²) < 4.78 is 6.84. The molecule has 2 aromatic rings. The molecule has 2 heterocycles. The average molecular weight is 311 g/mol. The first-order valence-corrected chi connectivity index (χ1v) is 7.31. The first-order chi connectivity index (χ1) is 10.0. The molecule has 7 heteroatoms. The van der Waals surface area contributed by atoms with Crippen molar-refractivity contribution in [2.45, 2.75) is 26.3 Å². The highest BCUT2D eigenvalue weighted by Gasteiger charge is 2.15. The van der Waals surface area contributed by atoms with Gasteiger partial charge in [-0.05, 0) is 12.0 Å². The maximum atomic E-state index is 12.0. The van der Waals surface area contributed by atoms with Gasteiger partial charge in [0.25, 0.3) is 0 Å². The normalized spacial score (nSPS) is 11.1. The van der Waals surface area contributed by atoms with Crippen molar-refractivity contribution >= 4 is 28.7 Å². The molecule has 0 radical (unpaired) electrons. The van der Waals surface area contributed by atoms with Crippen LogP contribution in [0.15, 0.2) is 12.1 Å². The zero-order valence-corrected chi connectivity index (χ0v) is 13.1. The van der Waals surface area contributed by atoms with E-state index < -0.39 is 0 Å². The van der Waals surface area contributed by atoms with E-state index in [2.05, 4.69) is 15.3 Å². The zero-order valence-electron chi connectivity index (χ0n) is 12.4. The lowest BCUT2D eigenvalue weighted by atomic mass is 10.2. The number of rotatable bonds is 6. The number of aromatic nitrogens is 3. The Morgan fingerprint density at radius 2 is 2.19 bits per heavy atom. The topological polar surface area (TPSA) is 69.0 Å². The lowest BCUT2D eigenvalue weighted by Crippen LogP contribution is -2.31. The third kappa shape index (κ3) is 3.64. The highest BCUT2D eigenvalue weighted by molar-refractivity contribution is 6.16. The van der Waals surface area contributed by atoms with Gasteiger partial charge < -0.3 is 14.6 Å². The van der Waals surface area contributed by atoms with Gasteiger partial charge in [0, 0.05) is 12.6 Å². The molecular weight excluding hydrogens is 292 g/mol. The molecule has 0 bridgehead atoms. The molecule has 0 saturated carbocycles. The van der Waals surface area contributed by atoms with Gasteiger partial charge in [0.05, 0.1) is 13.0 Å². The number of alkyl halides is 1. The van der Waals surface area contributed by atoms with Crippen molar-refractivity contribution in [1.29, 1.82) is 0 Å². The summed E-state index contributed by atoms with van der Waals surface area (Å²) in [4.78, 5) is 20.8. The van der Waals surface area contributed by atoms with Crippen LogP contribution in [0.3, 0.4) is 0 Å². The number of nitrogens with one attached hydrogen (secondary N) is 1. The summed E-state index contributed by atoms with van der Waals surface area (Å²) >= 11 is 5.91. The van der Waals surface area contributed by atoms with E-state index in [4.69, 9.17) is 16.3 Å². The maximum absolute atomic E-state index is 12.0. The predicted octanol–water partition coefficient (Wildman–Crippen LogP) is 1.95. The van der Waals surface area contributed by atoms with Crippen molar-refractivity contribution in [3.63, 3.8) is 0 Å². The van der Waals surface area contributed by atoms with E-state index in [-0.39, 0.29) is 18.3 Å². The molecule has 1 N–H and O–H groups in total. The fraction of sp³-hybridized carbons (Fsp3) is 0.500. The Hall–Kier alpha value is -1.82. The Morgan fingerprint density at radius 3 is 2.81 bits per heavy atom. The minimum absolute atomic E-state index is 0.0843. The molecule has 0 aliphatic heterocycles. The number of carbonyl (C=O) groups is 1. The smallest absolute Gasteiger partial charge is 0.240 e. The number of imidazole rings is 1. The maximum Gasteiger partial charge on any atom is 0.240 e. The fourth-order valence-electron chi connectivity index (χ4n) is 1.93. The van der Waals surface area contributed by atoms with E-state index in [0.29, 0.717) is 35.3 Å². The molecule has 6 nitrogen and oxygen atoms in total. The zero-order chi connectivity index (χ0) is 15.4. The first kappa shape index (κ1) is 15.6. The molecule has 0 aliphatic carbocycles. The molecule has 0 aliphatic rings. The Bertz CT molecular complexity index is 639. The molecule has 0 spiro atoms. The summed E-state index contributed by atoms with van der Waals surface area (Å²) in [7, 11) is 1.55. The fourth-order valence-corrected chi connectivity index (χ4v) is 2.13. The summed E-state index contributed by atoms with van der Waals surface area (Å²) in [6.45, 7) is 4.87. The van der Waals surface area contributed by atoms with Crippen LogP contribution in [0.5, 0.6) is 5.88 Å². The second-order valence-electron chi connectivity index (χ2n) is 5.14. The number of nitrogens with zero attached hydrogens (tertiary/aromatic N) is 3. The largest absolute Gasteiger partial charge is 0.481 e. The SMILES string of the molecule is COc1ccc2nc(CCl)n(CC(=O)NCC(C)C)c2n1. The number of hydrogen-bond donors (Lipinski definition) is 1. The Morgan fingerprint density at radius 1 is 1.43 bits per heavy atom. The van der Waals surface area contributed by atoms with Gasteiger partial charge in [-0.3, -0.25) is 4.79 Å². The Kier molecular flexibility index (Phi) is 5.01. The van der Waals surface area contributed by atoms with Gasteiger partial charge in [-0.2, -0.15) is 4.98 Å². The van der Waals surface area contributed by atoms with E-state index in [1.54, 1.807) is 23.8 Å². The van der Waals surface area contributed by atoms with Crippen LogP contribution in [0.25, 0.3) is 11.2 Å². The number of halogens is 1. The first-order valence-electron chi connectivity index (χ1n) is 6.78. The minimum atomic E-state index is -0.0843. The van der Waals surface area contributed by atoms with Crippen LogP contribution >= 0.6 is 11.6 Å². The second kappa shape index (κ2) is 6.76. The summed E-state index contributed by atoms with van der Waals surface area (Å²) in [5.74, 6) is 1.63. The van der Waals surface area contributed by atoms with Crippen LogP contribution in [0.2, 0.25) is 0 Å². The van der Waals surface area contributed by atoms with Crippen molar-refractivity contribution in [3.05, 3.63) is 18.0 Å². The summed E-state index contributed by atoms with van der Waals surface area (Å²) in [6, 6.07) is 3.54. The quantitative estimate of drug-likeness (QED) is 0.828. The molecule has 0 saturated heterocycles. The highest BCUT2D eigenvalue weighted by Crippen LogP contribution is 2.19. The number of fused-ring (bicyclic) bond motifs is 1. The molecule has 1 amide bonds. The van der Waals surface area contributed by atoms with Crippen molar-refractivity contribution < 1.29 is 9.53 Å². The van der Waals surface area contributed by atoms with Gasteiger partial charge in [0.1, 0.15) is 17.9 Å². The molecule has 2 aromatic heterocycles. The summed E-state index contributed by atoms with van der Waals surface area (Å²) in [5.41, 5.74) is 1.30. The van der Waals surface area contributed by atoms with Gasteiger partial charge >= 0.3 is 0 Å². The molecule has 0 fully saturated rings. The van der Waals surface area contributed by atoms with Gasteiger partial charge in [-0.1, -0.05) is 13.8 Å². The van der Waals surface area contributed by atoms with Crippen molar-refractivity contribution in [2.24, 2.45) is 5.92 Å². The van der Waals surface area contributed by atoms with Crippen molar-refractivity contribution in [3.8, 4) is 5.88 Å². The number of methoxy groups -OCH3 is 1. The van der Waals surface area contributed by atoms with Gasteiger partial charge in [0.15, 0.2) is 5.65 Å². The molecular formula is C14H19ClN4O2. The van der Waals surface area contributed by atoms with Crippen LogP contribution < -0.4 is 10.1 Å². The number of ether oxygens (including phenoxy) is 1. The van der Waals surface area contributed by atoms with Crippen LogP contribution in [0.4, 0.5) is 0 Å². The molecule has 0 aromatic carbocycles. The number of hydrogen-bond acceptors (Lipinski definition) is 4. The van der Waals surface area contributed by atoms with E-state index in [9.17, 15) is 4.79 Å². The highest BCUT2D eigenvalue weighted by atomic mass is 35.5. The predicted molar refractivity (Wildman–Crippen MR) is 81.5 cm³/mol. The van der Waals surface area contributed by atoms with Crippen LogP contribution in [-0.2, 0) is 17.2 Å². The van der Waals surface area contributed by atoms with E-state index in [1.807, 2.05) is 13.8 Å². The van der Waals surface area contributed by atoms with E-state index >= 15 is 0 Å². The molecule has 21 heavy (non-hydrogen) atoms. The number of carbonyl (C=O) groups excluding carboxylic acids is 1. The average Bonchev–Trinajstić information content (AvgIpc) is 2.82. The molecule has 0 atom stereocenters. The van der Waals surface area contributed by atoms with Crippen LogP contribution in [-0.4, -0.2) is 34.1 Å². The van der Waals surface area contributed by atoms with Crippen molar-refractivity contribution in [1.82, 2.24) is 19.9 Å². The van der Waals surface area contributed by atoms with Crippen molar-refractivity contribution in [2.75, 3.05) is 13.7 Å².